The lowest BCUT2D eigenvalue weighted by Gasteiger charge is -2.15. The summed E-state index contributed by atoms with van der Waals surface area (Å²) in [5.41, 5.74) is 0.268. The van der Waals surface area contributed by atoms with Crippen molar-refractivity contribution in [3.63, 3.8) is 0 Å². The van der Waals surface area contributed by atoms with E-state index < -0.39 is 0 Å². The lowest BCUT2D eigenvalue weighted by atomic mass is 9.91. The van der Waals surface area contributed by atoms with Gasteiger partial charge in [-0.1, -0.05) is 20.8 Å². The second-order valence-electron chi connectivity index (χ2n) is 6.29. The summed E-state index contributed by atoms with van der Waals surface area (Å²) in [5.74, 6) is 1.91. The van der Waals surface area contributed by atoms with Gasteiger partial charge in [-0.05, 0) is 31.2 Å². The Kier molecular flexibility index (Phi) is 3.87. The molecule has 1 aliphatic carbocycles. The van der Waals surface area contributed by atoms with Gasteiger partial charge < -0.3 is 9.73 Å². The van der Waals surface area contributed by atoms with Crippen molar-refractivity contribution < 1.29 is 4.42 Å². The molecule has 0 aromatic carbocycles. The van der Waals surface area contributed by atoms with E-state index in [0.717, 1.165) is 43.5 Å². The molecular weight excluding hydrogens is 212 g/mol. The van der Waals surface area contributed by atoms with Gasteiger partial charge in [-0.15, -0.1) is 0 Å². The number of nitrogens with one attached hydrogen (secondary N) is 1. The molecule has 1 N–H and O–H groups in total. The van der Waals surface area contributed by atoms with Gasteiger partial charge in [-0.2, -0.15) is 0 Å². The van der Waals surface area contributed by atoms with Crippen LogP contribution in [0.15, 0.2) is 10.6 Å². The second-order valence-corrected chi connectivity index (χ2v) is 6.29. The predicted octanol–water partition coefficient (Wildman–Crippen LogP) is 2.95. The van der Waals surface area contributed by atoms with Gasteiger partial charge in [0.2, 0.25) is 0 Å². The molecule has 0 saturated heterocycles. The van der Waals surface area contributed by atoms with Crippen LogP contribution in [0.5, 0.6) is 0 Å². The first-order valence-corrected chi connectivity index (χ1v) is 6.70. The zero-order valence-corrected chi connectivity index (χ0v) is 11.3. The molecule has 0 spiro atoms. The van der Waals surface area contributed by atoms with Gasteiger partial charge in [0.25, 0.3) is 0 Å². The first-order valence-electron chi connectivity index (χ1n) is 6.70. The third-order valence-electron chi connectivity index (χ3n) is 2.88. The Morgan fingerprint density at radius 1 is 1.41 bits per heavy atom. The number of oxazole rings is 1. The van der Waals surface area contributed by atoms with E-state index >= 15 is 0 Å². The number of hydrogen-bond donors (Lipinski definition) is 1. The highest BCUT2D eigenvalue weighted by atomic mass is 16.4. The smallest absolute Gasteiger partial charge is 0.194 e. The van der Waals surface area contributed by atoms with Crippen molar-refractivity contribution in [2.24, 2.45) is 5.41 Å². The van der Waals surface area contributed by atoms with Crippen molar-refractivity contribution in [3.05, 3.63) is 17.8 Å². The zero-order chi connectivity index (χ0) is 12.3. The summed E-state index contributed by atoms with van der Waals surface area (Å²) in [6.07, 6.45) is 7.62. The third-order valence-corrected chi connectivity index (χ3v) is 2.88. The molecular formula is C14H24N2O. The summed E-state index contributed by atoms with van der Waals surface area (Å²) >= 11 is 0. The van der Waals surface area contributed by atoms with Gasteiger partial charge in [-0.25, -0.2) is 4.98 Å². The summed E-state index contributed by atoms with van der Waals surface area (Å²) in [4.78, 5) is 4.34. The molecule has 1 aromatic heterocycles. The molecule has 96 valence electrons. The minimum atomic E-state index is 0.268. The van der Waals surface area contributed by atoms with Gasteiger partial charge in [0.15, 0.2) is 5.89 Å². The lowest BCUT2D eigenvalue weighted by Crippen LogP contribution is -2.17. The second kappa shape index (κ2) is 5.21. The van der Waals surface area contributed by atoms with Crippen LogP contribution in [0.2, 0.25) is 0 Å². The van der Waals surface area contributed by atoms with Crippen LogP contribution in [0, 0.1) is 5.41 Å². The average Bonchev–Trinajstić information content (AvgIpc) is 2.93. The zero-order valence-electron chi connectivity index (χ0n) is 11.3. The van der Waals surface area contributed by atoms with Crippen molar-refractivity contribution in [3.8, 4) is 0 Å². The van der Waals surface area contributed by atoms with Crippen molar-refractivity contribution >= 4 is 0 Å². The van der Waals surface area contributed by atoms with E-state index in [9.17, 15) is 0 Å². The molecule has 2 rings (SSSR count). The van der Waals surface area contributed by atoms with Crippen molar-refractivity contribution in [1.82, 2.24) is 10.3 Å². The molecule has 0 amide bonds. The van der Waals surface area contributed by atoms with Crippen LogP contribution in [-0.4, -0.2) is 17.6 Å². The molecule has 1 aromatic rings. The van der Waals surface area contributed by atoms with E-state index in [-0.39, 0.29) is 5.41 Å². The highest BCUT2D eigenvalue weighted by molar-refractivity contribution is 4.97. The molecule has 0 aliphatic heterocycles. The SMILES string of the molecule is CC(C)(C)Cc1cnc(CCCNC2CC2)o1. The summed E-state index contributed by atoms with van der Waals surface area (Å²) in [6, 6.07) is 0.802. The van der Waals surface area contributed by atoms with Crippen molar-refractivity contribution in [1.29, 1.82) is 0 Å². The fraction of sp³-hybridized carbons (Fsp3) is 0.786. The quantitative estimate of drug-likeness (QED) is 0.772. The Morgan fingerprint density at radius 2 is 2.18 bits per heavy atom. The van der Waals surface area contributed by atoms with Crippen LogP contribution in [0.3, 0.4) is 0 Å². The molecule has 1 saturated carbocycles. The molecule has 1 aliphatic rings. The fourth-order valence-electron chi connectivity index (χ4n) is 1.90. The molecule has 0 bridgehead atoms. The first-order chi connectivity index (χ1) is 8.03. The van der Waals surface area contributed by atoms with Gasteiger partial charge in [-0.3, -0.25) is 0 Å². The van der Waals surface area contributed by atoms with E-state index in [0.29, 0.717) is 0 Å². The van der Waals surface area contributed by atoms with Crippen LogP contribution in [-0.2, 0) is 12.8 Å². The average molecular weight is 236 g/mol. The van der Waals surface area contributed by atoms with Crippen LogP contribution >= 0.6 is 0 Å². The highest BCUT2D eigenvalue weighted by Crippen LogP contribution is 2.21. The fourth-order valence-corrected chi connectivity index (χ4v) is 1.90. The van der Waals surface area contributed by atoms with Crippen LogP contribution < -0.4 is 5.32 Å². The van der Waals surface area contributed by atoms with E-state index in [4.69, 9.17) is 4.42 Å². The molecule has 17 heavy (non-hydrogen) atoms. The summed E-state index contributed by atoms with van der Waals surface area (Å²) < 4.78 is 5.74. The van der Waals surface area contributed by atoms with E-state index in [1.165, 1.54) is 12.8 Å². The van der Waals surface area contributed by atoms with Crippen LogP contribution in [0.25, 0.3) is 0 Å². The van der Waals surface area contributed by atoms with Crippen molar-refractivity contribution in [2.75, 3.05) is 6.54 Å². The van der Waals surface area contributed by atoms with Crippen LogP contribution in [0.4, 0.5) is 0 Å². The Morgan fingerprint density at radius 3 is 2.82 bits per heavy atom. The lowest BCUT2D eigenvalue weighted by molar-refractivity contribution is 0.351. The van der Waals surface area contributed by atoms with E-state index in [1.54, 1.807) is 0 Å². The molecule has 0 unspecified atom stereocenters. The number of rotatable bonds is 6. The minimum absolute atomic E-state index is 0.268. The topological polar surface area (TPSA) is 38.1 Å². The number of hydrogen-bond acceptors (Lipinski definition) is 3. The third kappa shape index (κ3) is 4.90. The maximum absolute atomic E-state index is 5.74. The largest absolute Gasteiger partial charge is 0.446 e. The van der Waals surface area contributed by atoms with Crippen molar-refractivity contribution in [2.45, 2.75) is 58.9 Å². The van der Waals surface area contributed by atoms with E-state index in [2.05, 4.69) is 31.1 Å². The molecule has 0 radical (unpaired) electrons. The maximum Gasteiger partial charge on any atom is 0.194 e. The van der Waals surface area contributed by atoms with Crippen LogP contribution in [0.1, 0.15) is 51.7 Å². The monoisotopic (exact) mass is 236 g/mol. The highest BCUT2D eigenvalue weighted by Gasteiger charge is 2.19. The van der Waals surface area contributed by atoms with Gasteiger partial charge in [0.05, 0.1) is 6.20 Å². The molecule has 3 nitrogen and oxygen atoms in total. The Balaban J connectivity index is 1.69. The minimum Gasteiger partial charge on any atom is -0.446 e. The predicted molar refractivity (Wildman–Crippen MR) is 69.0 cm³/mol. The van der Waals surface area contributed by atoms with Gasteiger partial charge in [0.1, 0.15) is 5.76 Å². The molecule has 1 heterocycles. The normalized spacial score (nSPS) is 16.4. The number of aryl methyl sites for hydroxylation is 1. The van der Waals surface area contributed by atoms with Gasteiger partial charge in [0, 0.05) is 18.9 Å². The van der Waals surface area contributed by atoms with E-state index in [1.807, 2.05) is 6.20 Å². The standard InChI is InChI=1S/C14H24N2O/c1-14(2,3)9-12-10-16-13(17-12)5-4-8-15-11-6-7-11/h10-11,15H,4-9H2,1-3H3. The molecule has 0 atom stereocenters. The Labute approximate surface area is 104 Å². The first kappa shape index (κ1) is 12.6. The summed E-state index contributed by atoms with van der Waals surface area (Å²) in [5, 5.41) is 3.50. The Hall–Kier alpha value is -0.830. The number of aromatic nitrogens is 1. The molecule has 3 heteroatoms. The van der Waals surface area contributed by atoms with Gasteiger partial charge >= 0.3 is 0 Å². The Bertz CT molecular complexity index is 347. The summed E-state index contributed by atoms with van der Waals surface area (Å²) in [6.45, 7) is 7.74. The summed E-state index contributed by atoms with van der Waals surface area (Å²) in [7, 11) is 0. The molecule has 1 fully saturated rings. The maximum atomic E-state index is 5.74. The number of nitrogens with zero attached hydrogens (tertiary/aromatic N) is 1.